The smallest absolute Gasteiger partial charge is 0.271 e. The highest BCUT2D eigenvalue weighted by molar-refractivity contribution is 5.51. The molecule has 15 heavy (non-hydrogen) atoms. The standard InChI is InChI=1S/C9H12N2O4/c12-5-8(6-13)10-7-2-1-3-9(4-7)11(14)15/h1-4,8,10,12-13H,5-6H2. The van der Waals surface area contributed by atoms with Gasteiger partial charge in [0.2, 0.25) is 0 Å². The van der Waals surface area contributed by atoms with Crippen molar-refractivity contribution in [1.82, 2.24) is 0 Å². The first kappa shape index (κ1) is 11.4. The van der Waals surface area contributed by atoms with Crippen molar-refractivity contribution in [2.75, 3.05) is 18.5 Å². The summed E-state index contributed by atoms with van der Waals surface area (Å²) in [4.78, 5) is 9.96. The Morgan fingerprint density at radius 2 is 2.07 bits per heavy atom. The van der Waals surface area contributed by atoms with E-state index in [2.05, 4.69) is 5.32 Å². The van der Waals surface area contributed by atoms with Crippen molar-refractivity contribution < 1.29 is 15.1 Å². The Bertz CT molecular complexity index is 339. The maximum absolute atomic E-state index is 10.5. The van der Waals surface area contributed by atoms with E-state index in [-0.39, 0.29) is 18.9 Å². The lowest BCUT2D eigenvalue weighted by atomic mass is 10.2. The Labute approximate surface area is 86.3 Å². The van der Waals surface area contributed by atoms with Gasteiger partial charge in [-0.1, -0.05) is 6.07 Å². The van der Waals surface area contributed by atoms with Crippen LogP contribution in [0.3, 0.4) is 0 Å². The monoisotopic (exact) mass is 212 g/mol. The predicted molar refractivity (Wildman–Crippen MR) is 54.7 cm³/mol. The summed E-state index contributed by atoms with van der Waals surface area (Å²) in [5.41, 5.74) is 0.465. The van der Waals surface area contributed by atoms with Crippen LogP contribution in [-0.4, -0.2) is 34.4 Å². The van der Waals surface area contributed by atoms with Crippen LogP contribution in [0.4, 0.5) is 11.4 Å². The zero-order valence-electron chi connectivity index (χ0n) is 7.96. The zero-order valence-corrected chi connectivity index (χ0v) is 7.96. The quantitative estimate of drug-likeness (QED) is 0.483. The summed E-state index contributed by atoms with van der Waals surface area (Å²) in [7, 11) is 0. The molecule has 0 unspecified atom stereocenters. The second kappa shape index (κ2) is 5.28. The highest BCUT2D eigenvalue weighted by Crippen LogP contribution is 2.17. The largest absolute Gasteiger partial charge is 0.394 e. The number of non-ortho nitro benzene ring substituents is 1. The van der Waals surface area contributed by atoms with Gasteiger partial charge in [0, 0.05) is 17.8 Å². The van der Waals surface area contributed by atoms with E-state index in [0.717, 1.165) is 0 Å². The van der Waals surface area contributed by atoms with Crippen LogP contribution in [0.25, 0.3) is 0 Å². The molecule has 0 atom stereocenters. The van der Waals surface area contributed by atoms with Gasteiger partial charge in [-0.3, -0.25) is 10.1 Å². The highest BCUT2D eigenvalue weighted by Gasteiger charge is 2.09. The summed E-state index contributed by atoms with van der Waals surface area (Å²) < 4.78 is 0. The molecule has 1 rings (SSSR count). The van der Waals surface area contributed by atoms with Gasteiger partial charge in [0.05, 0.1) is 24.2 Å². The predicted octanol–water partition coefficient (Wildman–Crippen LogP) is 0.360. The molecule has 6 nitrogen and oxygen atoms in total. The van der Waals surface area contributed by atoms with Crippen LogP contribution in [-0.2, 0) is 0 Å². The SMILES string of the molecule is O=[N+]([O-])c1cccc(NC(CO)CO)c1. The maximum atomic E-state index is 10.5. The van der Waals surface area contributed by atoms with E-state index in [0.29, 0.717) is 5.69 Å². The molecule has 0 spiro atoms. The van der Waals surface area contributed by atoms with E-state index in [1.54, 1.807) is 6.07 Å². The van der Waals surface area contributed by atoms with Gasteiger partial charge >= 0.3 is 0 Å². The molecule has 0 bridgehead atoms. The van der Waals surface area contributed by atoms with Gasteiger partial charge in [0.15, 0.2) is 0 Å². The number of nitro benzene ring substituents is 1. The Balaban J connectivity index is 2.77. The number of hydrogen-bond donors (Lipinski definition) is 3. The number of benzene rings is 1. The molecule has 0 amide bonds. The zero-order chi connectivity index (χ0) is 11.3. The maximum Gasteiger partial charge on any atom is 0.271 e. The lowest BCUT2D eigenvalue weighted by molar-refractivity contribution is -0.384. The molecule has 0 saturated heterocycles. The average molecular weight is 212 g/mol. The summed E-state index contributed by atoms with van der Waals surface area (Å²) in [6.45, 7) is -0.474. The fraction of sp³-hybridized carbons (Fsp3) is 0.333. The van der Waals surface area contributed by atoms with Gasteiger partial charge in [-0.15, -0.1) is 0 Å². The van der Waals surface area contributed by atoms with Gasteiger partial charge in [-0.25, -0.2) is 0 Å². The number of rotatable bonds is 5. The summed E-state index contributed by atoms with van der Waals surface area (Å²) in [6.07, 6.45) is 0. The van der Waals surface area contributed by atoms with Crippen molar-refractivity contribution in [3.63, 3.8) is 0 Å². The summed E-state index contributed by atoms with van der Waals surface area (Å²) in [5.74, 6) is 0. The normalized spacial score (nSPS) is 10.3. The Morgan fingerprint density at radius 3 is 2.60 bits per heavy atom. The molecular formula is C9H12N2O4. The molecule has 0 heterocycles. The lowest BCUT2D eigenvalue weighted by Crippen LogP contribution is -2.27. The van der Waals surface area contributed by atoms with E-state index in [9.17, 15) is 10.1 Å². The molecule has 0 saturated carbocycles. The first-order valence-corrected chi connectivity index (χ1v) is 4.40. The average Bonchev–Trinajstić information content (AvgIpc) is 2.26. The second-order valence-corrected chi connectivity index (χ2v) is 3.01. The van der Waals surface area contributed by atoms with Crippen molar-refractivity contribution in [3.05, 3.63) is 34.4 Å². The molecular weight excluding hydrogens is 200 g/mol. The lowest BCUT2D eigenvalue weighted by Gasteiger charge is -2.14. The third-order valence-electron chi connectivity index (χ3n) is 1.87. The van der Waals surface area contributed by atoms with Crippen LogP contribution in [0.5, 0.6) is 0 Å². The molecule has 6 heteroatoms. The minimum atomic E-state index is -0.507. The fourth-order valence-corrected chi connectivity index (χ4v) is 1.09. The van der Waals surface area contributed by atoms with Gasteiger partial charge in [0.25, 0.3) is 5.69 Å². The topological polar surface area (TPSA) is 95.6 Å². The first-order chi connectivity index (χ1) is 7.17. The van der Waals surface area contributed by atoms with Crippen LogP contribution >= 0.6 is 0 Å². The number of hydrogen-bond acceptors (Lipinski definition) is 5. The van der Waals surface area contributed by atoms with Crippen molar-refractivity contribution in [3.8, 4) is 0 Å². The minimum absolute atomic E-state index is 0.0328. The van der Waals surface area contributed by atoms with Gasteiger partial charge in [-0.05, 0) is 6.07 Å². The van der Waals surface area contributed by atoms with Crippen molar-refractivity contribution in [2.45, 2.75) is 6.04 Å². The third-order valence-corrected chi connectivity index (χ3v) is 1.87. The number of aliphatic hydroxyl groups is 2. The number of nitrogens with one attached hydrogen (secondary N) is 1. The van der Waals surface area contributed by atoms with Crippen molar-refractivity contribution in [1.29, 1.82) is 0 Å². The van der Waals surface area contributed by atoms with Crippen molar-refractivity contribution in [2.24, 2.45) is 0 Å². The van der Waals surface area contributed by atoms with Crippen LogP contribution in [0.1, 0.15) is 0 Å². The van der Waals surface area contributed by atoms with E-state index in [4.69, 9.17) is 10.2 Å². The van der Waals surface area contributed by atoms with Crippen molar-refractivity contribution >= 4 is 11.4 Å². The van der Waals surface area contributed by atoms with E-state index in [1.165, 1.54) is 18.2 Å². The van der Waals surface area contributed by atoms with E-state index >= 15 is 0 Å². The Kier molecular flexibility index (Phi) is 4.02. The van der Waals surface area contributed by atoms with Gasteiger partial charge in [-0.2, -0.15) is 0 Å². The van der Waals surface area contributed by atoms with Crippen LogP contribution in [0.2, 0.25) is 0 Å². The highest BCUT2D eigenvalue weighted by atomic mass is 16.6. The van der Waals surface area contributed by atoms with Gasteiger partial charge in [0.1, 0.15) is 0 Å². The molecule has 0 aromatic heterocycles. The third kappa shape index (κ3) is 3.19. The molecule has 0 aliphatic rings. The second-order valence-electron chi connectivity index (χ2n) is 3.01. The number of anilines is 1. The fourth-order valence-electron chi connectivity index (χ4n) is 1.09. The van der Waals surface area contributed by atoms with E-state index in [1.807, 2.05) is 0 Å². The molecule has 82 valence electrons. The Hall–Kier alpha value is -1.66. The summed E-state index contributed by atoms with van der Waals surface area (Å²) in [6, 6.07) is 5.38. The Morgan fingerprint density at radius 1 is 1.40 bits per heavy atom. The number of nitrogens with zero attached hydrogens (tertiary/aromatic N) is 1. The molecule has 0 aliphatic carbocycles. The van der Waals surface area contributed by atoms with Crippen LogP contribution < -0.4 is 5.32 Å². The van der Waals surface area contributed by atoms with Crippen LogP contribution in [0.15, 0.2) is 24.3 Å². The number of nitro groups is 1. The molecule has 3 N–H and O–H groups in total. The molecule has 0 radical (unpaired) electrons. The van der Waals surface area contributed by atoms with Crippen LogP contribution in [0, 0.1) is 10.1 Å². The summed E-state index contributed by atoms with van der Waals surface area (Å²) >= 11 is 0. The first-order valence-electron chi connectivity index (χ1n) is 4.40. The molecule has 1 aromatic carbocycles. The number of aliphatic hydroxyl groups excluding tert-OH is 2. The molecule has 1 aromatic rings. The van der Waals surface area contributed by atoms with Gasteiger partial charge < -0.3 is 15.5 Å². The molecule has 0 aliphatic heterocycles. The molecule has 0 fully saturated rings. The van der Waals surface area contributed by atoms with E-state index < -0.39 is 11.0 Å². The summed E-state index contributed by atoms with van der Waals surface area (Å²) in [5, 5.41) is 30.8. The minimum Gasteiger partial charge on any atom is -0.394 e.